The number of carbonyl (C=O) groups is 1. The van der Waals surface area contributed by atoms with Gasteiger partial charge in [0.1, 0.15) is 12.2 Å². The topological polar surface area (TPSA) is 55.3 Å². The summed E-state index contributed by atoms with van der Waals surface area (Å²) < 4.78 is 44.5. The third kappa shape index (κ3) is 4.06. The van der Waals surface area contributed by atoms with Crippen molar-refractivity contribution in [1.29, 1.82) is 0 Å². The van der Waals surface area contributed by atoms with Gasteiger partial charge in [0, 0.05) is 18.3 Å². The minimum Gasteiger partial charge on any atom is -0.475 e. The molecule has 8 heteroatoms. The highest BCUT2D eigenvalue weighted by atomic mass is 19.4. The molecule has 0 saturated heterocycles. The zero-order valence-corrected chi connectivity index (χ0v) is 15.2. The summed E-state index contributed by atoms with van der Waals surface area (Å²) in [6, 6.07) is 14.3. The van der Waals surface area contributed by atoms with Gasteiger partial charge in [-0.3, -0.25) is 4.79 Å². The first-order valence-electron chi connectivity index (χ1n) is 8.92. The van der Waals surface area contributed by atoms with Crippen LogP contribution in [0.1, 0.15) is 21.5 Å². The number of halogens is 3. The minimum atomic E-state index is -4.47. The smallest absolute Gasteiger partial charge is 0.416 e. The largest absolute Gasteiger partial charge is 0.475 e. The molecule has 0 bridgehead atoms. The quantitative estimate of drug-likeness (QED) is 0.663. The van der Waals surface area contributed by atoms with Gasteiger partial charge >= 0.3 is 6.18 Å². The Balaban J connectivity index is 1.63. The average molecular weight is 399 g/mol. The number of fused-ring (bicyclic) bond motifs is 1. The Labute approximate surface area is 164 Å². The lowest BCUT2D eigenvalue weighted by Crippen LogP contribution is -2.31. The third-order valence-electron chi connectivity index (χ3n) is 4.54. The molecule has 0 N–H and O–H groups in total. The van der Waals surface area contributed by atoms with E-state index in [2.05, 4.69) is 9.97 Å². The standard InChI is InChI=1S/C21H16F3N3O2/c22-21(23,24)16-8-4-7-15(11-16)18-25-12-17-19(26-18)29-10-9-27(20(17)28)13-14-5-2-1-3-6-14/h1-8,11-12H,9-10,13H2. The fraction of sp³-hybridized carbons (Fsp3) is 0.190. The Morgan fingerprint density at radius 3 is 2.62 bits per heavy atom. The van der Waals surface area contributed by atoms with Crippen molar-refractivity contribution in [2.24, 2.45) is 0 Å². The lowest BCUT2D eigenvalue weighted by atomic mass is 10.1. The number of hydrogen-bond acceptors (Lipinski definition) is 4. The molecule has 2 aromatic carbocycles. The SMILES string of the molecule is O=C1c2cnc(-c3cccc(C(F)(F)F)c3)nc2OCCN1Cc1ccccc1. The summed E-state index contributed by atoms with van der Waals surface area (Å²) in [6.07, 6.45) is -3.16. The van der Waals surface area contributed by atoms with Gasteiger partial charge in [-0.05, 0) is 17.7 Å². The van der Waals surface area contributed by atoms with E-state index in [1.54, 1.807) is 4.90 Å². The van der Waals surface area contributed by atoms with Crippen LogP contribution >= 0.6 is 0 Å². The van der Waals surface area contributed by atoms with E-state index in [9.17, 15) is 18.0 Å². The molecule has 0 saturated carbocycles. The molecular formula is C21H16F3N3O2. The van der Waals surface area contributed by atoms with Gasteiger partial charge in [-0.25, -0.2) is 4.98 Å². The molecule has 0 atom stereocenters. The normalized spacial score (nSPS) is 14.2. The molecule has 2 heterocycles. The van der Waals surface area contributed by atoms with E-state index >= 15 is 0 Å². The van der Waals surface area contributed by atoms with Gasteiger partial charge in [0.05, 0.1) is 12.1 Å². The van der Waals surface area contributed by atoms with Crippen LogP contribution in [0.25, 0.3) is 11.4 Å². The van der Waals surface area contributed by atoms with Gasteiger partial charge in [-0.2, -0.15) is 18.2 Å². The van der Waals surface area contributed by atoms with Crippen molar-refractivity contribution >= 4 is 5.91 Å². The van der Waals surface area contributed by atoms with E-state index in [0.29, 0.717) is 13.1 Å². The first-order chi connectivity index (χ1) is 13.9. The predicted molar refractivity (Wildman–Crippen MR) is 99.1 cm³/mol. The number of benzene rings is 2. The van der Waals surface area contributed by atoms with Crippen molar-refractivity contribution < 1.29 is 22.7 Å². The molecule has 5 nitrogen and oxygen atoms in total. The van der Waals surface area contributed by atoms with Gasteiger partial charge in [-0.15, -0.1) is 0 Å². The zero-order valence-electron chi connectivity index (χ0n) is 15.2. The number of aromatic nitrogens is 2. The molecule has 148 valence electrons. The monoisotopic (exact) mass is 399 g/mol. The number of ether oxygens (including phenoxy) is 1. The number of alkyl halides is 3. The molecule has 0 unspecified atom stereocenters. The molecule has 0 spiro atoms. The fourth-order valence-corrected chi connectivity index (χ4v) is 3.08. The highest BCUT2D eigenvalue weighted by Crippen LogP contribution is 2.32. The van der Waals surface area contributed by atoms with E-state index in [1.165, 1.54) is 18.3 Å². The number of rotatable bonds is 3. The molecule has 1 aliphatic heterocycles. The first kappa shape index (κ1) is 18.9. The molecule has 1 aliphatic rings. The molecule has 0 aliphatic carbocycles. The summed E-state index contributed by atoms with van der Waals surface area (Å²) in [5, 5.41) is 0. The van der Waals surface area contributed by atoms with E-state index in [0.717, 1.165) is 17.7 Å². The second-order valence-corrected chi connectivity index (χ2v) is 6.55. The van der Waals surface area contributed by atoms with Gasteiger partial charge in [-0.1, -0.05) is 42.5 Å². The zero-order chi connectivity index (χ0) is 20.4. The lowest BCUT2D eigenvalue weighted by Gasteiger charge is -2.19. The van der Waals surface area contributed by atoms with Crippen LogP contribution in [0.15, 0.2) is 60.8 Å². The molecule has 1 aromatic heterocycles. The van der Waals surface area contributed by atoms with Crippen molar-refractivity contribution in [3.05, 3.63) is 77.5 Å². The maximum Gasteiger partial charge on any atom is 0.416 e. The number of nitrogens with zero attached hydrogens (tertiary/aromatic N) is 3. The first-order valence-corrected chi connectivity index (χ1v) is 8.92. The van der Waals surface area contributed by atoms with Crippen LogP contribution in [0.2, 0.25) is 0 Å². The summed E-state index contributed by atoms with van der Waals surface area (Å²) in [7, 11) is 0. The van der Waals surface area contributed by atoms with Crippen LogP contribution in [0.5, 0.6) is 5.88 Å². The van der Waals surface area contributed by atoms with E-state index in [1.807, 2.05) is 30.3 Å². The maximum absolute atomic E-state index is 13.0. The number of carbonyl (C=O) groups excluding carboxylic acids is 1. The van der Waals surface area contributed by atoms with Crippen molar-refractivity contribution in [2.75, 3.05) is 13.2 Å². The second-order valence-electron chi connectivity index (χ2n) is 6.55. The Morgan fingerprint density at radius 1 is 1.07 bits per heavy atom. The van der Waals surface area contributed by atoms with E-state index in [-0.39, 0.29) is 35.3 Å². The summed E-state index contributed by atoms with van der Waals surface area (Å²) in [5.41, 5.74) is 0.573. The summed E-state index contributed by atoms with van der Waals surface area (Å²) in [5.74, 6) is -0.135. The summed E-state index contributed by atoms with van der Waals surface area (Å²) in [4.78, 5) is 22.8. The van der Waals surface area contributed by atoms with Crippen LogP contribution in [0.3, 0.4) is 0 Å². The fourth-order valence-electron chi connectivity index (χ4n) is 3.08. The Hall–Kier alpha value is -3.42. The number of amides is 1. The van der Waals surface area contributed by atoms with E-state index < -0.39 is 11.7 Å². The van der Waals surface area contributed by atoms with Crippen LogP contribution < -0.4 is 4.74 Å². The number of hydrogen-bond donors (Lipinski definition) is 0. The molecule has 1 amide bonds. The highest BCUT2D eigenvalue weighted by molar-refractivity contribution is 5.96. The molecule has 0 fully saturated rings. The van der Waals surface area contributed by atoms with Crippen LogP contribution in [-0.2, 0) is 12.7 Å². The Bertz CT molecular complexity index is 1040. The Kier molecular flexibility index (Phi) is 4.92. The van der Waals surface area contributed by atoms with Gasteiger partial charge in [0.25, 0.3) is 5.91 Å². The van der Waals surface area contributed by atoms with Crippen molar-refractivity contribution in [2.45, 2.75) is 12.7 Å². The van der Waals surface area contributed by atoms with Crippen LogP contribution in [-0.4, -0.2) is 33.9 Å². The van der Waals surface area contributed by atoms with Crippen molar-refractivity contribution in [1.82, 2.24) is 14.9 Å². The lowest BCUT2D eigenvalue weighted by molar-refractivity contribution is -0.137. The van der Waals surface area contributed by atoms with Crippen LogP contribution in [0.4, 0.5) is 13.2 Å². The maximum atomic E-state index is 13.0. The molecule has 4 rings (SSSR count). The summed E-state index contributed by atoms with van der Waals surface area (Å²) in [6.45, 7) is 1.01. The van der Waals surface area contributed by atoms with E-state index in [4.69, 9.17) is 4.74 Å². The third-order valence-corrected chi connectivity index (χ3v) is 4.54. The highest BCUT2D eigenvalue weighted by Gasteiger charge is 2.31. The van der Waals surface area contributed by atoms with Gasteiger partial charge < -0.3 is 9.64 Å². The summed E-state index contributed by atoms with van der Waals surface area (Å²) >= 11 is 0. The molecule has 29 heavy (non-hydrogen) atoms. The molecular weight excluding hydrogens is 383 g/mol. The Morgan fingerprint density at radius 2 is 1.86 bits per heavy atom. The average Bonchev–Trinajstić information content (AvgIpc) is 2.87. The molecule has 0 radical (unpaired) electrons. The minimum absolute atomic E-state index is 0.0687. The van der Waals surface area contributed by atoms with Crippen LogP contribution in [0, 0.1) is 0 Å². The van der Waals surface area contributed by atoms with Gasteiger partial charge in [0.15, 0.2) is 5.82 Å². The predicted octanol–water partition coefficient (Wildman–Crippen LogP) is 4.20. The van der Waals surface area contributed by atoms with Crippen molar-refractivity contribution in [3.63, 3.8) is 0 Å². The van der Waals surface area contributed by atoms with Gasteiger partial charge in [0.2, 0.25) is 5.88 Å². The second kappa shape index (κ2) is 7.54. The van der Waals surface area contributed by atoms with Crippen molar-refractivity contribution in [3.8, 4) is 17.3 Å². The molecule has 3 aromatic rings.